The van der Waals surface area contributed by atoms with Crippen LogP contribution in [0.2, 0.25) is 0 Å². The fourth-order valence-corrected chi connectivity index (χ4v) is 2.22. The van der Waals surface area contributed by atoms with Crippen molar-refractivity contribution in [2.75, 3.05) is 13.1 Å². The number of benzene rings is 1. The molecule has 0 bridgehead atoms. The van der Waals surface area contributed by atoms with Gasteiger partial charge in [0.25, 0.3) is 0 Å². The smallest absolute Gasteiger partial charge is 0.0238 e. The number of nitrogens with zero attached hydrogens (tertiary/aromatic N) is 1. The van der Waals surface area contributed by atoms with Gasteiger partial charge in [-0.15, -0.1) is 0 Å². The van der Waals surface area contributed by atoms with Gasteiger partial charge in [-0.2, -0.15) is 0 Å². The molecule has 0 amide bonds. The summed E-state index contributed by atoms with van der Waals surface area (Å²) in [6, 6.07) is 6.59. The standard InChI is InChI=1S/C15H25N/c1-5-10-16(11-6-2)12-15-13(3)8-7-9-14(15)4/h7-9H,5-6,10-12H2,1-4H3. The molecule has 16 heavy (non-hydrogen) atoms. The van der Waals surface area contributed by atoms with Gasteiger partial charge in [0.1, 0.15) is 0 Å². The van der Waals surface area contributed by atoms with E-state index in [1.54, 1.807) is 0 Å². The van der Waals surface area contributed by atoms with Gasteiger partial charge >= 0.3 is 0 Å². The summed E-state index contributed by atoms with van der Waals surface area (Å²) in [4.78, 5) is 2.56. The van der Waals surface area contributed by atoms with E-state index in [-0.39, 0.29) is 0 Å². The number of rotatable bonds is 6. The number of aryl methyl sites for hydroxylation is 2. The Labute approximate surface area is 100 Å². The Kier molecular flexibility index (Phi) is 5.54. The van der Waals surface area contributed by atoms with Crippen LogP contribution < -0.4 is 0 Å². The van der Waals surface area contributed by atoms with Gasteiger partial charge in [0.15, 0.2) is 0 Å². The quantitative estimate of drug-likeness (QED) is 0.701. The molecule has 1 aromatic carbocycles. The van der Waals surface area contributed by atoms with Gasteiger partial charge in [0, 0.05) is 6.54 Å². The van der Waals surface area contributed by atoms with Gasteiger partial charge in [-0.3, -0.25) is 4.90 Å². The molecule has 0 N–H and O–H groups in total. The van der Waals surface area contributed by atoms with Gasteiger partial charge < -0.3 is 0 Å². The molecule has 0 aliphatic carbocycles. The summed E-state index contributed by atoms with van der Waals surface area (Å²) >= 11 is 0. The molecule has 0 heterocycles. The Hall–Kier alpha value is -0.820. The molecule has 0 spiro atoms. The highest BCUT2D eigenvalue weighted by atomic mass is 15.1. The Bertz CT molecular complexity index is 291. The second-order valence-electron chi connectivity index (χ2n) is 4.65. The van der Waals surface area contributed by atoms with Crippen LogP contribution in [0.25, 0.3) is 0 Å². The van der Waals surface area contributed by atoms with Gasteiger partial charge in [0.2, 0.25) is 0 Å². The normalized spacial score (nSPS) is 11.1. The van der Waals surface area contributed by atoms with E-state index in [1.807, 2.05) is 0 Å². The summed E-state index contributed by atoms with van der Waals surface area (Å²) in [5.41, 5.74) is 4.37. The lowest BCUT2D eigenvalue weighted by molar-refractivity contribution is 0.265. The van der Waals surface area contributed by atoms with Crippen LogP contribution in [0.15, 0.2) is 18.2 Å². The second-order valence-corrected chi connectivity index (χ2v) is 4.65. The van der Waals surface area contributed by atoms with Crippen LogP contribution >= 0.6 is 0 Å². The lowest BCUT2D eigenvalue weighted by Gasteiger charge is -2.23. The molecule has 0 aliphatic heterocycles. The van der Waals surface area contributed by atoms with Crippen molar-refractivity contribution < 1.29 is 0 Å². The van der Waals surface area contributed by atoms with Crippen molar-refractivity contribution in [1.29, 1.82) is 0 Å². The Morgan fingerprint density at radius 1 is 0.938 bits per heavy atom. The first-order valence-electron chi connectivity index (χ1n) is 6.46. The van der Waals surface area contributed by atoms with Crippen molar-refractivity contribution in [3.8, 4) is 0 Å². The molecule has 0 saturated carbocycles. The van der Waals surface area contributed by atoms with Gasteiger partial charge in [-0.1, -0.05) is 32.0 Å². The van der Waals surface area contributed by atoms with E-state index in [9.17, 15) is 0 Å². The zero-order valence-electron chi connectivity index (χ0n) is 11.2. The second kappa shape index (κ2) is 6.70. The van der Waals surface area contributed by atoms with Crippen molar-refractivity contribution in [1.82, 2.24) is 4.90 Å². The molecule has 1 nitrogen and oxygen atoms in total. The van der Waals surface area contributed by atoms with E-state index in [4.69, 9.17) is 0 Å². The molecule has 1 aromatic rings. The van der Waals surface area contributed by atoms with Crippen molar-refractivity contribution in [3.05, 3.63) is 34.9 Å². The summed E-state index contributed by atoms with van der Waals surface area (Å²) < 4.78 is 0. The average molecular weight is 219 g/mol. The van der Waals surface area contributed by atoms with Crippen LogP contribution in [0.5, 0.6) is 0 Å². The molecule has 0 saturated heterocycles. The summed E-state index contributed by atoms with van der Waals surface area (Å²) in [6.07, 6.45) is 2.48. The highest BCUT2D eigenvalue weighted by molar-refractivity contribution is 5.33. The highest BCUT2D eigenvalue weighted by Crippen LogP contribution is 2.16. The number of hydrogen-bond donors (Lipinski definition) is 0. The largest absolute Gasteiger partial charge is 0.299 e. The molecule has 0 radical (unpaired) electrons. The molecule has 0 unspecified atom stereocenters. The third kappa shape index (κ3) is 3.64. The van der Waals surface area contributed by atoms with Crippen LogP contribution in [0.4, 0.5) is 0 Å². The minimum atomic E-state index is 1.11. The van der Waals surface area contributed by atoms with Gasteiger partial charge in [0.05, 0.1) is 0 Å². The maximum absolute atomic E-state index is 2.56. The van der Waals surface area contributed by atoms with Crippen molar-refractivity contribution in [2.24, 2.45) is 0 Å². The third-order valence-electron chi connectivity index (χ3n) is 3.11. The molecule has 1 rings (SSSR count). The molecular weight excluding hydrogens is 194 g/mol. The molecule has 0 atom stereocenters. The molecule has 90 valence electrons. The Morgan fingerprint density at radius 3 is 1.88 bits per heavy atom. The number of hydrogen-bond acceptors (Lipinski definition) is 1. The molecule has 1 heteroatoms. The minimum Gasteiger partial charge on any atom is -0.299 e. The van der Waals surface area contributed by atoms with E-state index < -0.39 is 0 Å². The predicted octanol–water partition coefficient (Wildman–Crippen LogP) is 3.93. The first-order chi connectivity index (χ1) is 7.69. The van der Waals surface area contributed by atoms with Crippen molar-refractivity contribution in [3.63, 3.8) is 0 Å². The maximum Gasteiger partial charge on any atom is 0.0238 e. The molecule has 0 aliphatic rings. The van der Waals surface area contributed by atoms with Crippen LogP contribution in [0.3, 0.4) is 0 Å². The summed E-state index contributed by atoms with van der Waals surface area (Å²) in [6.45, 7) is 12.5. The summed E-state index contributed by atoms with van der Waals surface area (Å²) in [7, 11) is 0. The van der Waals surface area contributed by atoms with Crippen LogP contribution in [-0.2, 0) is 6.54 Å². The van der Waals surface area contributed by atoms with Crippen LogP contribution in [0.1, 0.15) is 43.4 Å². The van der Waals surface area contributed by atoms with E-state index in [0.29, 0.717) is 0 Å². The molecular formula is C15H25N. The van der Waals surface area contributed by atoms with Crippen molar-refractivity contribution >= 4 is 0 Å². The van der Waals surface area contributed by atoms with E-state index in [2.05, 4.69) is 50.8 Å². The highest BCUT2D eigenvalue weighted by Gasteiger charge is 2.07. The van der Waals surface area contributed by atoms with E-state index in [1.165, 1.54) is 42.6 Å². The van der Waals surface area contributed by atoms with Gasteiger partial charge in [-0.25, -0.2) is 0 Å². The summed E-state index contributed by atoms with van der Waals surface area (Å²) in [5.74, 6) is 0. The predicted molar refractivity (Wildman–Crippen MR) is 71.8 cm³/mol. The van der Waals surface area contributed by atoms with Gasteiger partial charge in [-0.05, 0) is 56.5 Å². The third-order valence-corrected chi connectivity index (χ3v) is 3.11. The monoisotopic (exact) mass is 219 g/mol. The molecule has 0 aromatic heterocycles. The first-order valence-corrected chi connectivity index (χ1v) is 6.46. The topological polar surface area (TPSA) is 3.24 Å². The Morgan fingerprint density at radius 2 is 1.44 bits per heavy atom. The Balaban J connectivity index is 2.76. The SMILES string of the molecule is CCCN(CCC)Cc1c(C)cccc1C. The molecule has 0 fully saturated rings. The van der Waals surface area contributed by atoms with E-state index >= 15 is 0 Å². The van der Waals surface area contributed by atoms with Crippen molar-refractivity contribution in [2.45, 2.75) is 47.1 Å². The lowest BCUT2D eigenvalue weighted by atomic mass is 10.0. The van der Waals surface area contributed by atoms with Crippen LogP contribution in [-0.4, -0.2) is 18.0 Å². The summed E-state index contributed by atoms with van der Waals surface area (Å²) in [5, 5.41) is 0. The lowest BCUT2D eigenvalue weighted by Crippen LogP contribution is -2.25. The fraction of sp³-hybridized carbons (Fsp3) is 0.600. The minimum absolute atomic E-state index is 1.11. The maximum atomic E-state index is 2.56. The van der Waals surface area contributed by atoms with E-state index in [0.717, 1.165) is 6.54 Å². The zero-order chi connectivity index (χ0) is 12.0. The fourth-order valence-electron chi connectivity index (χ4n) is 2.22. The van der Waals surface area contributed by atoms with Crippen LogP contribution in [0, 0.1) is 13.8 Å². The zero-order valence-corrected chi connectivity index (χ0v) is 11.2. The average Bonchev–Trinajstić information content (AvgIpc) is 2.24. The first kappa shape index (κ1) is 13.2.